The zero-order chi connectivity index (χ0) is 55.0. The van der Waals surface area contributed by atoms with Crippen LogP contribution in [0.3, 0.4) is 0 Å². The maximum Gasteiger partial charge on any atom is 0.293 e. The molecular weight excluding hydrogens is 1010 g/mol. The van der Waals surface area contributed by atoms with Crippen LogP contribution >= 0.6 is 0 Å². The number of aryl methyl sites for hydroxylation is 1. The van der Waals surface area contributed by atoms with Crippen LogP contribution in [-0.2, 0) is 52.2 Å². The number of aliphatic hydroxyl groups excluding tert-OH is 1. The van der Waals surface area contributed by atoms with Crippen LogP contribution < -0.4 is 36.2 Å². The number of piperidine rings is 2. The summed E-state index contributed by atoms with van der Waals surface area (Å²) < 4.78 is 9.15. The Morgan fingerprint density at radius 3 is 2.39 bits per heavy atom. The second kappa shape index (κ2) is 20.5. The number of piperazine rings is 1. The van der Waals surface area contributed by atoms with Gasteiger partial charge in [0.1, 0.15) is 17.6 Å². The van der Waals surface area contributed by atoms with E-state index in [0.717, 1.165) is 68.1 Å². The number of hydrogen-bond acceptors (Lipinski definition) is 15. The van der Waals surface area contributed by atoms with E-state index < -0.39 is 41.8 Å². The Morgan fingerprint density at radius 1 is 0.848 bits per heavy atom. The highest BCUT2D eigenvalue weighted by Gasteiger charge is 2.45. The number of carbonyl (C=O) groups is 6. The highest BCUT2D eigenvalue weighted by atomic mass is 16.5. The van der Waals surface area contributed by atoms with Crippen molar-refractivity contribution in [2.45, 2.75) is 103 Å². The molecule has 3 aromatic heterocycles. The highest BCUT2D eigenvalue weighted by Crippen LogP contribution is 2.41. The van der Waals surface area contributed by atoms with Crippen LogP contribution in [-0.4, -0.2) is 140 Å². The lowest BCUT2D eigenvalue weighted by atomic mass is 9.90. The Morgan fingerprint density at radius 2 is 1.63 bits per heavy atom. The molecule has 0 unspecified atom stereocenters. The number of carbonyl (C=O) groups excluding carboxylic acids is 6. The summed E-state index contributed by atoms with van der Waals surface area (Å²) in [6, 6.07) is 14.1. The first-order valence-corrected chi connectivity index (χ1v) is 27.6. The van der Waals surface area contributed by atoms with Gasteiger partial charge in [-0.25, -0.2) is 9.97 Å². The fourth-order valence-electron chi connectivity index (χ4n) is 13.2. The number of nitrogens with one attached hydrogen (secondary N) is 3. The summed E-state index contributed by atoms with van der Waals surface area (Å²) >= 11 is 0. The molecule has 9 heterocycles. The third-order valence-electron chi connectivity index (χ3n) is 17.3. The van der Waals surface area contributed by atoms with Gasteiger partial charge in [0.15, 0.2) is 5.82 Å². The predicted molar refractivity (Wildman–Crippen MR) is 295 cm³/mol. The fraction of sp³-hybridized carbons (Fsp3) is 0.466. The number of ether oxygens (including phenoxy) is 1. The third kappa shape index (κ3) is 9.54. The summed E-state index contributed by atoms with van der Waals surface area (Å²) in [4.78, 5) is 112. The maximum absolute atomic E-state index is 14.1. The molecular formula is C58H66N12O9. The summed E-state index contributed by atoms with van der Waals surface area (Å²) in [5.41, 5.74) is 7.50. The quantitative estimate of drug-likeness (QED) is 0.132. The van der Waals surface area contributed by atoms with Crippen molar-refractivity contribution in [3.8, 4) is 11.3 Å². The van der Waals surface area contributed by atoms with Crippen LogP contribution in [0.2, 0.25) is 0 Å². The van der Waals surface area contributed by atoms with Gasteiger partial charge in [-0.15, -0.1) is 0 Å². The molecule has 21 heteroatoms. The van der Waals surface area contributed by atoms with E-state index in [4.69, 9.17) is 9.72 Å². The summed E-state index contributed by atoms with van der Waals surface area (Å²) in [6.45, 7) is 12.0. The van der Waals surface area contributed by atoms with E-state index in [1.54, 1.807) is 42.5 Å². The molecule has 0 radical (unpaired) electrons. The van der Waals surface area contributed by atoms with Gasteiger partial charge in [0.05, 0.1) is 34.8 Å². The Labute approximate surface area is 456 Å². The number of imide groups is 2. The van der Waals surface area contributed by atoms with E-state index in [0.29, 0.717) is 91.4 Å². The van der Waals surface area contributed by atoms with Gasteiger partial charge >= 0.3 is 0 Å². The van der Waals surface area contributed by atoms with Crippen molar-refractivity contribution in [1.29, 1.82) is 0 Å². The summed E-state index contributed by atoms with van der Waals surface area (Å²) in [5.74, 6) is -2.20. The predicted octanol–water partition coefficient (Wildman–Crippen LogP) is 4.61. The summed E-state index contributed by atoms with van der Waals surface area (Å²) in [6.07, 6.45) is 8.18. The van der Waals surface area contributed by atoms with Gasteiger partial charge in [-0.05, 0) is 111 Å². The molecule has 6 aliphatic heterocycles. The zero-order valence-corrected chi connectivity index (χ0v) is 45.0. The third-order valence-corrected chi connectivity index (χ3v) is 17.3. The molecule has 6 amide bonds. The van der Waals surface area contributed by atoms with E-state index in [1.165, 1.54) is 15.8 Å². The number of rotatable bonds is 11. The van der Waals surface area contributed by atoms with Crippen molar-refractivity contribution in [3.05, 3.63) is 105 Å². The van der Waals surface area contributed by atoms with Gasteiger partial charge in [-0.2, -0.15) is 0 Å². The lowest BCUT2D eigenvalue weighted by Gasteiger charge is -2.47. The molecule has 7 aliphatic rings. The molecule has 2 atom stereocenters. The number of anilines is 6. The van der Waals surface area contributed by atoms with Gasteiger partial charge in [0.2, 0.25) is 17.7 Å². The maximum atomic E-state index is 14.1. The Bertz CT molecular complexity index is 3410. The largest absolute Gasteiger partial charge is 0.392 e. The van der Waals surface area contributed by atoms with E-state index in [2.05, 4.69) is 61.0 Å². The Balaban J connectivity index is 0.745. The monoisotopic (exact) mass is 1070 g/mol. The minimum Gasteiger partial charge on any atom is -0.392 e. The molecule has 12 rings (SSSR count). The highest BCUT2D eigenvalue weighted by molar-refractivity contribution is 6.23. The molecule has 412 valence electrons. The van der Waals surface area contributed by atoms with Crippen molar-refractivity contribution < 1.29 is 38.6 Å². The number of aromatic nitrogens is 4. The first-order valence-electron chi connectivity index (χ1n) is 27.6. The lowest BCUT2D eigenvalue weighted by Crippen LogP contribution is -2.57. The fourth-order valence-corrected chi connectivity index (χ4v) is 13.2. The van der Waals surface area contributed by atoms with Gasteiger partial charge in [0.25, 0.3) is 23.3 Å². The van der Waals surface area contributed by atoms with Gasteiger partial charge in [0, 0.05) is 131 Å². The van der Waals surface area contributed by atoms with Gasteiger partial charge < -0.3 is 39.4 Å². The summed E-state index contributed by atoms with van der Waals surface area (Å²) in [7, 11) is 1.64. The average molecular weight is 1080 g/mol. The van der Waals surface area contributed by atoms with Gasteiger partial charge in [-0.1, -0.05) is 13.8 Å². The molecule has 79 heavy (non-hydrogen) atoms. The van der Waals surface area contributed by atoms with E-state index >= 15 is 0 Å². The molecule has 0 bridgehead atoms. The second-order valence-electron chi connectivity index (χ2n) is 23.0. The Hall–Kier alpha value is -7.75. The normalized spacial score (nSPS) is 21.8. The molecule has 4 fully saturated rings. The molecule has 5 aromatic rings. The topological polar surface area (TPSA) is 237 Å². The van der Waals surface area contributed by atoms with Crippen molar-refractivity contribution in [3.63, 3.8) is 0 Å². The first kappa shape index (κ1) is 52.0. The van der Waals surface area contributed by atoms with Crippen molar-refractivity contribution in [2.75, 3.05) is 77.8 Å². The molecule has 4 saturated heterocycles. The first-order chi connectivity index (χ1) is 38.0. The number of nitrogens with zero attached hydrogens (tertiary/aromatic N) is 9. The van der Waals surface area contributed by atoms with Crippen LogP contribution in [0.5, 0.6) is 0 Å². The van der Waals surface area contributed by atoms with Crippen molar-refractivity contribution in [2.24, 2.45) is 18.4 Å². The standard InChI is InChI=1S/C58H66N12O9/c1-33-30-66(37-12-17-65(18-13-37)38-6-7-40-41(27-38)55(76)70(54(40)75)46-9-10-49(72)63-53(46)74)19-20-67(33)45-8-5-36(26-43(45)62-52(73)34-14-23-79-24-15-34)60-50-57(78)64(4)31-44(61-50)39-11-16-59-51(42(39)32-71)69-22-21-68-47(56(69)77)25-35-28-58(2,3)29-48(35)68/h5-8,11,16,25-27,31,33-34,37,46,71H,9-10,12-15,17-24,28-30,32H2,1-4H3,(H,60,61)(H,62,73)(H,63,72,74)/t33-,46-/m0/s1. The van der Waals surface area contributed by atoms with Crippen LogP contribution in [0, 0.1) is 11.3 Å². The molecule has 21 nitrogen and oxygen atoms in total. The van der Waals surface area contributed by atoms with Gasteiger partial charge in [-0.3, -0.25) is 53.6 Å². The molecule has 1 aliphatic carbocycles. The number of amides is 6. The summed E-state index contributed by atoms with van der Waals surface area (Å²) in [5, 5.41) is 19.7. The minimum atomic E-state index is -1.02. The minimum absolute atomic E-state index is 0.0326. The van der Waals surface area contributed by atoms with Crippen LogP contribution in [0.25, 0.3) is 11.3 Å². The van der Waals surface area contributed by atoms with E-state index in [-0.39, 0.29) is 59.0 Å². The molecule has 4 N–H and O–H groups in total. The number of benzene rings is 2. The molecule has 0 spiro atoms. The van der Waals surface area contributed by atoms with Crippen molar-refractivity contribution >= 4 is 69.8 Å². The Kier molecular flexibility index (Phi) is 13.5. The lowest BCUT2D eigenvalue weighted by molar-refractivity contribution is -0.136. The number of aliphatic hydroxyl groups is 1. The van der Waals surface area contributed by atoms with Crippen LogP contribution in [0.4, 0.5) is 34.4 Å². The van der Waals surface area contributed by atoms with Crippen LogP contribution in [0.15, 0.2) is 65.7 Å². The second-order valence-corrected chi connectivity index (χ2v) is 23.0. The number of fused-ring (bicyclic) bond motifs is 4. The van der Waals surface area contributed by atoms with Crippen molar-refractivity contribution in [1.82, 2.24) is 34.2 Å². The van der Waals surface area contributed by atoms with E-state index in [1.807, 2.05) is 30.3 Å². The number of hydrogen-bond donors (Lipinski definition) is 4. The van der Waals surface area contributed by atoms with Crippen LogP contribution in [0.1, 0.15) is 107 Å². The molecule has 0 saturated carbocycles. The molecule has 2 aromatic carbocycles. The average Bonchev–Trinajstić information content (AvgIpc) is 4.18. The number of pyridine rings is 1. The SMILES string of the molecule is C[C@H]1CN(C2CCN(c3ccc4c(c3)C(=O)N([C@H]3CCC(=O)NC3=O)C4=O)CC2)CCN1c1ccc(Nc2nc(-c3ccnc(N4CCn5c(cc6c5CC(C)(C)C6)C4=O)c3CO)cn(C)c2=O)cc1NC(=O)C1CCOCC1. The van der Waals surface area contributed by atoms with E-state index in [9.17, 15) is 38.7 Å². The smallest absolute Gasteiger partial charge is 0.293 e. The zero-order valence-electron chi connectivity index (χ0n) is 45.0.